The van der Waals surface area contributed by atoms with Crippen molar-refractivity contribution in [2.24, 2.45) is 0 Å². The van der Waals surface area contributed by atoms with Crippen LogP contribution in [0.2, 0.25) is 0 Å². The van der Waals surface area contributed by atoms with Gasteiger partial charge in [-0.15, -0.1) is 23.6 Å². The number of furan rings is 1. The minimum absolute atomic E-state index is 0. The van der Waals surface area contributed by atoms with E-state index in [-0.39, 0.29) is 26.5 Å². The van der Waals surface area contributed by atoms with E-state index >= 15 is 0 Å². The third-order valence-corrected chi connectivity index (χ3v) is 8.01. The Kier molecular flexibility index (Phi) is 6.78. The van der Waals surface area contributed by atoms with Gasteiger partial charge >= 0.3 is 0 Å². The number of ether oxygens (including phenoxy) is 1. The predicted molar refractivity (Wildman–Crippen MR) is 172 cm³/mol. The first-order valence-corrected chi connectivity index (χ1v) is 14.3. The minimum atomic E-state index is -0.00591. The number of hydrogen-bond donors (Lipinski definition) is 0. The first kappa shape index (κ1) is 28.2. The molecule has 0 N–H and O–H groups in total. The first-order chi connectivity index (χ1) is 20.8. The molecule has 0 unspecified atom stereocenters. The Labute approximate surface area is 270 Å². The van der Waals surface area contributed by atoms with Gasteiger partial charge in [0.1, 0.15) is 11.4 Å². The fourth-order valence-electron chi connectivity index (χ4n) is 5.87. The molecule has 7 heteroatoms. The van der Waals surface area contributed by atoms with Crippen LogP contribution in [0.3, 0.4) is 0 Å². The van der Waals surface area contributed by atoms with Gasteiger partial charge < -0.3 is 23.5 Å². The Bertz CT molecular complexity index is 2220. The topological polar surface area (TPSA) is 46.7 Å². The summed E-state index contributed by atoms with van der Waals surface area (Å²) in [5.41, 5.74) is 5.60. The van der Waals surface area contributed by atoms with E-state index in [1.54, 1.807) is 0 Å². The zero-order valence-corrected chi connectivity index (χ0v) is 27.0. The van der Waals surface area contributed by atoms with E-state index in [2.05, 4.69) is 86.0 Å². The number of benzene rings is 4. The summed E-state index contributed by atoms with van der Waals surface area (Å²) in [5.74, 6) is 1.98. The van der Waals surface area contributed by atoms with Gasteiger partial charge in [-0.2, -0.15) is 12.7 Å². The van der Waals surface area contributed by atoms with E-state index in [9.17, 15) is 0 Å². The van der Waals surface area contributed by atoms with Gasteiger partial charge in [0.25, 0.3) is 0 Å². The summed E-state index contributed by atoms with van der Waals surface area (Å²) >= 11 is 0. The number of nitrogens with zero attached hydrogens (tertiary/aromatic N) is 4. The number of aromatic nitrogens is 2. The Morgan fingerprint density at radius 2 is 1.61 bits per heavy atom. The zero-order valence-electron chi connectivity index (χ0n) is 24.7. The van der Waals surface area contributed by atoms with Gasteiger partial charge in [-0.3, -0.25) is 0 Å². The van der Waals surface area contributed by atoms with Crippen molar-refractivity contribution in [2.75, 3.05) is 11.9 Å². The average Bonchev–Trinajstić information content (AvgIpc) is 3.69. The third kappa shape index (κ3) is 4.65. The molecule has 0 spiro atoms. The number of fused-ring (bicyclic) bond motifs is 6. The smallest absolute Gasteiger partial charge is 0.135 e. The molecule has 1 aliphatic heterocycles. The Balaban J connectivity index is 0.00000312. The number of hydrogen-bond acceptors (Lipinski definition) is 5. The maximum atomic E-state index is 6.50. The standard InChI is InChI=1S/C37H29N4O2.Pt/c1-37(2,3)24-15-16-38-35(19-24)41-30-11-7-5-9-27(30)28-14-13-25(20-31(28)41)42-26-21-32(40-18-17-39(4)23-40)36-29-10-6-8-12-33(29)43-34(36)22-26;/h5-19,22-23H,1-4H3;/q-3;. The number of anilines is 1. The average molecular weight is 757 g/mol. The number of rotatable bonds is 4. The van der Waals surface area contributed by atoms with Crippen molar-refractivity contribution in [1.82, 2.24) is 14.5 Å². The van der Waals surface area contributed by atoms with Crippen molar-refractivity contribution in [2.45, 2.75) is 26.2 Å². The molecule has 4 heterocycles. The van der Waals surface area contributed by atoms with Gasteiger partial charge in [-0.1, -0.05) is 79.8 Å². The monoisotopic (exact) mass is 756 g/mol. The minimum Gasteiger partial charge on any atom is -0.510 e. The largest absolute Gasteiger partial charge is 0.510 e. The van der Waals surface area contributed by atoms with Gasteiger partial charge in [-0.05, 0) is 65.5 Å². The van der Waals surface area contributed by atoms with E-state index < -0.39 is 0 Å². The predicted octanol–water partition coefficient (Wildman–Crippen LogP) is 9.11. The van der Waals surface area contributed by atoms with E-state index in [4.69, 9.17) is 14.1 Å². The molecule has 0 atom stereocenters. The SMILES string of the molecule is CN1C=CN(c2[c-]c(Oc3[c-]c4c(cc3)c3ccccc3n4-c3cc(C(C)(C)C)ccn3)cc3oc4ccccc4c23)[CH-]1.[Pt]. The quantitative estimate of drug-likeness (QED) is 0.168. The van der Waals surface area contributed by atoms with Crippen LogP contribution in [0.5, 0.6) is 11.5 Å². The second-order valence-electron chi connectivity index (χ2n) is 12.0. The fraction of sp³-hybridized carbons (Fsp3) is 0.135. The molecule has 0 saturated carbocycles. The molecule has 0 radical (unpaired) electrons. The fourth-order valence-corrected chi connectivity index (χ4v) is 5.87. The molecule has 0 bridgehead atoms. The normalized spacial score (nSPS) is 13.5. The Morgan fingerprint density at radius 1 is 0.818 bits per heavy atom. The Morgan fingerprint density at radius 3 is 2.41 bits per heavy atom. The van der Waals surface area contributed by atoms with Crippen LogP contribution in [0.25, 0.3) is 49.6 Å². The van der Waals surface area contributed by atoms with E-state index in [0.717, 1.165) is 55.2 Å². The maximum absolute atomic E-state index is 6.50. The van der Waals surface area contributed by atoms with Crippen molar-refractivity contribution >= 4 is 49.4 Å². The van der Waals surface area contributed by atoms with Crippen LogP contribution in [-0.4, -0.2) is 21.5 Å². The van der Waals surface area contributed by atoms with Crippen LogP contribution in [0.15, 0.2) is 102 Å². The third-order valence-electron chi connectivity index (χ3n) is 8.01. The molecule has 222 valence electrons. The van der Waals surface area contributed by atoms with Crippen LogP contribution in [0.1, 0.15) is 26.3 Å². The van der Waals surface area contributed by atoms with Crippen LogP contribution in [-0.2, 0) is 26.5 Å². The van der Waals surface area contributed by atoms with Crippen LogP contribution < -0.4 is 9.64 Å². The summed E-state index contributed by atoms with van der Waals surface area (Å²) in [6.07, 6.45) is 5.89. The van der Waals surface area contributed by atoms with Gasteiger partial charge in [0.15, 0.2) is 0 Å². The molecule has 7 aromatic rings. The molecule has 0 saturated heterocycles. The Hall–Kier alpha value is -4.54. The molecular weight excluding hydrogens is 728 g/mol. The second-order valence-corrected chi connectivity index (χ2v) is 12.0. The first-order valence-electron chi connectivity index (χ1n) is 14.3. The van der Waals surface area contributed by atoms with Crippen molar-refractivity contribution in [3.8, 4) is 17.3 Å². The summed E-state index contributed by atoms with van der Waals surface area (Å²) in [7, 11) is 2.00. The molecule has 4 aromatic carbocycles. The van der Waals surface area contributed by atoms with Gasteiger partial charge in [0, 0.05) is 49.9 Å². The van der Waals surface area contributed by atoms with E-state index in [1.807, 2.05) is 72.4 Å². The van der Waals surface area contributed by atoms with E-state index in [0.29, 0.717) is 11.5 Å². The molecule has 0 amide bonds. The summed E-state index contributed by atoms with van der Waals surface area (Å²) in [5, 5.41) is 4.25. The van der Waals surface area contributed by atoms with Crippen molar-refractivity contribution in [3.05, 3.63) is 122 Å². The van der Waals surface area contributed by atoms with Crippen molar-refractivity contribution in [1.29, 1.82) is 0 Å². The van der Waals surface area contributed by atoms with Crippen molar-refractivity contribution < 1.29 is 30.2 Å². The summed E-state index contributed by atoms with van der Waals surface area (Å²) in [6, 6.07) is 33.8. The number of para-hydroxylation sites is 2. The zero-order chi connectivity index (χ0) is 29.3. The molecule has 1 aliphatic rings. The van der Waals surface area contributed by atoms with Crippen LogP contribution in [0.4, 0.5) is 5.69 Å². The summed E-state index contributed by atoms with van der Waals surface area (Å²) in [6.45, 7) is 8.65. The molecule has 8 rings (SSSR count). The molecule has 3 aromatic heterocycles. The maximum Gasteiger partial charge on any atom is 0.135 e. The van der Waals surface area contributed by atoms with Crippen LogP contribution in [0, 0.1) is 18.8 Å². The molecule has 6 nitrogen and oxygen atoms in total. The van der Waals surface area contributed by atoms with Gasteiger partial charge in [0.05, 0.1) is 0 Å². The van der Waals surface area contributed by atoms with Crippen LogP contribution >= 0.6 is 0 Å². The van der Waals surface area contributed by atoms with E-state index in [1.165, 1.54) is 5.56 Å². The second kappa shape index (κ2) is 10.6. The van der Waals surface area contributed by atoms with Gasteiger partial charge in [0.2, 0.25) is 0 Å². The molecule has 0 fully saturated rings. The summed E-state index contributed by atoms with van der Waals surface area (Å²) in [4.78, 5) is 8.83. The molecular formula is C37H29N4O2Pt-3. The van der Waals surface area contributed by atoms with Crippen molar-refractivity contribution in [3.63, 3.8) is 0 Å². The number of pyridine rings is 1. The van der Waals surface area contributed by atoms with Gasteiger partial charge in [-0.25, -0.2) is 4.98 Å². The summed E-state index contributed by atoms with van der Waals surface area (Å²) < 4.78 is 15.0. The molecule has 44 heavy (non-hydrogen) atoms. The molecule has 0 aliphatic carbocycles.